The van der Waals surface area contributed by atoms with Crippen LogP contribution in [0.2, 0.25) is 0 Å². The van der Waals surface area contributed by atoms with E-state index < -0.39 is 5.54 Å². The Morgan fingerprint density at radius 1 is 1.30 bits per heavy atom. The zero-order valence-electron chi connectivity index (χ0n) is 13.5. The fraction of sp³-hybridized carbons (Fsp3) is 0.647. The Labute approximate surface area is 136 Å². The van der Waals surface area contributed by atoms with Crippen LogP contribution in [0.3, 0.4) is 0 Å². The van der Waals surface area contributed by atoms with E-state index in [1.807, 2.05) is 12.1 Å². The minimum absolute atomic E-state index is 0.113. The summed E-state index contributed by atoms with van der Waals surface area (Å²) in [7, 11) is 0. The van der Waals surface area contributed by atoms with Crippen molar-refractivity contribution >= 4 is 11.7 Å². The lowest BCUT2D eigenvalue weighted by molar-refractivity contribution is 0.0789. The Balaban J connectivity index is 1.65. The molecule has 0 radical (unpaired) electrons. The predicted molar refractivity (Wildman–Crippen MR) is 87.6 cm³/mol. The summed E-state index contributed by atoms with van der Waals surface area (Å²) in [5, 5.41) is 12.4. The van der Waals surface area contributed by atoms with Gasteiger partial charge in [-0.25, -0.2) is 4.98 Å². The van der Waals surface area contributed by atoms with Gasteiger partial charge in [-0.15, -0.1) is 0 Å². The molecule has 2 aliphatic heterocycles. The SMILES string of the molecule is O=C(NC1(CO)CCOC1)c1ccc(N2CCCCCC2)nc1. The van der Waals surface area contributed by atoms with Gasteiger partial charge in [-0.05, 0) is 31.4 Å². The summed E-state index contributed by atoms with van der Waals surface area (Å²) in [6.07, 6.45) is 7.21. The maximum atomic E-state index is 12.4. The van der Waals surface area contributed by atoms with E-state index in [1.165, 1.54) is 25.7 Å². The molecule has 6 heteroatoms. The van der Waals surface area contributed by atoms with E-state index >= 15 is 0 Å². The molecule has 2 N–H and O–H groups in total. The summed E-state index contributed by atoms with van der Waals surface area (Å²) < 4.78 is 5.30. The van der Waals surface area contributed by atoms with Crippen molar-refractivity contribution in [3.8, 4) is 0 Å². The zero-order chi connectivity index (χ0) is 16.1. The molecule has 0 bridgehead atoms. The number of pyridine rings is 1. The third-order valence-corrected chi connectivity index (χ3v) is 4.72. The van der Waals surface area contributed by atoms with E-state index in [-0.39, 0.29) is 12.5 Å². The van der Waals surface area contributed by atoms with Gasteiger partial charge >= 0.3 is 0 Å². The first kappa shape index (κ1) is 16.2. The maximum Gasteiger partial charge on any atom is 0.253 e. The molecule has 23 heavy (non-hydrogen) atoms. The normalized spacial score (nSPS) is 25.2. The number of aliphatic hydroxyl groups is 1. The maximum absolute atomic E-state index is 12.4. The highest BCUT2D eigenvalue weighted by Crippen LogP contribution is 2.20. The van der Waals surface area contributed by atoms with Crippen molar-refractivity contribution in [1.29, 1.82) is 0 Å². The molecule has 3 heterocycles. The van der Waals surface area contributed by atoms with E-state index in [2.05, 4.69) is 15.2 Å². The van der Waals surface area contributed by atoms with Gasteiger partial charge in [0.1, 0.15) is 5.82 Å². The number of ether oxygens (including phenoxy) is 1. The second-order valence-electron chi connectivity index (χ2n) is 6.50. The number of carbonyl (C=O) groups is 1. The average Bonchev–Trinajstić information content (AvgIpc) is 2.88. The molecular formula is C17H25N3O3. The van der Waals surface area contributed by atoms with E-state index in [4.69, 9.17) is 4.74 Å². The molecule has 0 aliphatic carbocycles. The van der Waals surface area contributed by atoms with Crippen molar-refractivity contribution in [2.24, 2.45) is 0 Å². The standard InChI is InChI=1S/C17H25N3O3/c21-12-17(7-10-23-13-17)19-16(22)14-5-6-15(18-11-14)20-8-3-1-2-4-9-20/h5-6,11,21H,1-4,7-10,12-13H2,(H,19,22). The van der Waals surface area contributed by atoms with Gasteiger partial charge in [-0.3, -0.25) is 4.79 Å². The highest BCUT2D eigenvalue weighted by atomic mass is 16.5. The van der Waals surface area contributed by atoms with Crippen LogP contribution in [0, 0.1) is 0 Å². The second-order valence-corrected chi connectivity index (χ2v) is 6.50. The van der Waals surface area contributed by atoms with Gasteiger partial charge in [-0.1, -0.05) is 12.8 Å². The van der Waals surface area contributed by atoms with Crippen LogP contribution in [0.4, 0.5) is 5.82 Å². The Morgan fingerprint density at radius 2 is 2.09 bits per heavy atom. The van der Waals surface area contributed by atoms with Gasteiger partial charge in [0.2, 0.25) is 0 Å². The molecule has 126 valence electrons. The predicted octanol–water partition coefficient (Wildman–Crippen LogP) is 1.34. The van der Waals surface area contributed by atoms with Crippen LogP contribution in [-0.4, -0.2) is 54.4 Å². The molecular weight excluding hydrogens is 294 g/mol. The third kappa shape index (κ3) is 3.82. The first-order chi connectivity index (χ1) is 11.2. The number of amides is 1. The van der Waals surface area contributed by atoms with E-state index in [1.54, 1.807) is 6.20 Å². The van der Waals surface area contributed by atoms with Crippen LogP contribution < -0.4 is 10.2 Å². The largest absolute Gasteiger partial charge is 0.394 e. The Morgan fingerprint density at radius 3 is 2.65 bits per heavy atom. The van der Waals surface area contributed by atoms with E-state index in [9.17, 15) is 9.90 Å². The number of carbonyl (C=O) groups excluding carboxylic acids is 1. The monoisotopic (exact) mass is 319 g/mol. The first-order valence-electron chi connectivity index (χ1n) is 8.45. The van der Waals surface area contributed by atoms with Crippen molar-refractivity contribution in [2.75, 3.05) is 37.8 Å². The third-order valence-electron chi connectivity index (χ3n) is 4.72. The molecule has 2 fully saturated rings. The van der Waals surface area contributed by atoms with Gasteiger partial charge in [0.05, 0.1) is 24.3 Å². The average molecular weight is 319 g/mol. The van der Waals surface area contributed by atoms with Crippen molar-refractivity contribution in [2.45, 2.75) is 37.6 Å². The Kier molecular flexibility index (Phi) is 5.13. The van der Waals surface area contributed by atoms with Gasteiger partial charge in [0, 0.05) is 25.9 Å². The summed E-state index contributed by atoms with van der Waals surface area (Å²) in [6.45, 7) is 2.87. The van der Waals surface area contributed by atoms with Crippen LogP contribution in [0.5, 0.6) is 0 Å². The second kappa shape index (κ2) is 7.27. The van der Waals surface area contributed by atoms with Crippen LogP contribution >= 0.6 is 0 Å². The highest BCUT2D eigenvalue weighted by molar-refractivity contribution is 5.94. The molecule has 0 spiro atoms. The molecule has 0 aromatic carbocycles. The van der Waals surface area contributed by atoms with Crippen LogP contribution in [0.1, 0.15) is 42.5 Å². The number of hydrogen-bond donors (Lipinski definition) is 2. The molecule has 1 amide bonds. The quantitative estimate of drug-likeness (QED) is 0.876. The topological polar surface area (TPSA) is 74.7 Å². The minimum atomic E-state index is -0.652. The van der Waals surface area contributed by atoms with E-state index in [0.717, 1.165) is 18.9 Å². The summed E-state index contributed by atoms with van der Waals surface area (Å²) in [4.78, 5) is 19.1. The highest BCUT2D eigenvalue weighted by Gasteiger charge is 2.36. The molecule has 1 unspecified atom stereocenters. The van der Waals surface area contributed by atoms with Crippen molar-refractivity contribution in [1.82, 2.24) is 10.3 Å². The summed E-state index contributed by atoms with van der Waals surface area (Å²) >= 11 is 0. The van der Waals surface area contributed by atoms with Gasteiger partial charge in [-0.2, -0.15) is 0 Å². The molecule has 2 saturated heterocycles. The minimum Gasteiger partial charge on any atom is -0.394 e. The summed E-state index contributed by atoms with van der Waals surface area (Å²) in [5.74, 6) is 0.726. The number of hydrogen-bond acceptors (Lipinski definition) is 5. The fourth-order valence-corrected chi connectivity index (χ4v) is 3.19. The van der Waals surface area contributed by atoms with Crippen molar-refractivity contribution < 1.29 is 14.6 Å². The smallest absolute Gasteiger partial charge is 0.253 e. The Hall–Kier alpha value is -1.66. The lowest BCUT2D eigenvalue weighted by Crippen LogP contribution is -2.52. The Bertz CT molecular complexity index is 518. The molecule has 1 aromatic rings. The van der Waals surface area contributed by atoms with Crippen molar-refractivity contribution in [3.63, 3.8) is 0 Å². The summed E-state index contributed by atoms with van der Waals surface area (Å²) in [5.41, 5.74) is -0.135. The number of anilines is 1. The van der Waals surface area contributed by atoms with Gasteiger partial charge in [0.15, 0.2) is 0 Å². The zero-order valence-corrected chi connectivity index (χ0v) is 13.5. The van der Waals surface area contributed by atoms with Crippen LogP contribution in [-0.2, 0) is 4.74 Å². The fourth-order valence-electron chi connectivity index (χ4n) is 3.19. The number of nitrogens with zero attached hydrogens (tertiary/aromatic N) is 2. The molecule has 1 aromatic heterocycles. The molecule has 1 atom stereocenters. The number of nitrogens with one attached hydrogen (secondary N) is 1. The lowest BCUT2D eigenvalue weighted by Gasteiger charge is -2.26. The molecule has 0 saturated carbocycles. The van der Waals surface area contributed by atoms with Crippen LogP contribution in [0.25, 0.3) is 0 Å². The molecule has 6 nitrogen and oxygen atoms in total. The first-order valence-corrected chi connectivity index (χ1v) is 8.45. The van der Waals surface area contributed by atoms with E-state index in [0.29, 0.717) is 25.2 Å². The lowest BCUT2D eigenvalue weighted by atomic mass is 9.99. The number of rotatable bonds is 4. The molecule has 3 rings (SSSR count). The molecule has 2 aliphatic rings. The number of aromatic nitrogens is 1. The number of aliphatic hydroxyl groups excluding tert-OH is 1. The van der Waals surface area contributed by atoms with Crippen LogP contribution in [0.15, 0.2) is 18.3 Å². The van der Waals surface area contributed by atoms with Gasteiger partial charge in [0.25, 0.3) is 5.91 Å². The van der Waals surface area contributed by atoms with Crippen molar-refractivity contribution in [3.05, 3.63) is 23.9 Å². The van der Waals surface area contributed by atoms with Gasteiger partial charge < -0.3 is 20.1 Å². The summed E-state index contributed by atoms with van der Waals surface area (Å²) in [6, 6.07) is 3.72.